The lowest BCUT2D eigenvalue weighted by Gasteiger charge is -2.29. The summed E-state index contributed by atoms with van der Waals surface area (Å²) in [5.74, 6) is 0. The van der Waals surface area contributed by atoms with Gasteiger partial charge in [-0.1, -0.05) is 11.6 Å². The molecule has 4 nitrogen and oxygen atoms in total. The van der Waals surface area contributed by atoms with Crippen molar-refractivity contribution in [3.05, 3.63) is 29.4 Å². The van der Waals surface area contributed by atoms with Crippen LogP contribution in [0, 0.1) is 0 Å². The van der Waals surface area contributed by atoms with Gasteiger partial charge in [-0.25, -0.2) is 0 Å². The van der Waals surface area contributed by atoms with E-state index in [1.807, 2.05) is 18.2 Å². The quantitative estimate of drug-likeness (QED) is 0.776. The summed E-state index contributed by atoms with van der Waals surface area (Å²) in [5, 5.41) is 9.93. The number of benzene rings is 1. The lowest BCUT2D eigenvalue weighted by Crippen LogP contribution is -2.36. The number of anilines is 1. The standard InChI is InChI=1S/C12H12ClN3O/c13-9-1-2-11-10(7-9)12(8-14-15-11)16-3-5-17-6-4-16/h1-2,7-8H,3-6H2. The summed E-state index contributed by atoms with van der Waals surface area (Å²) in [6, 6.07) is 5.67. The molecule has 1 saturated heterocycles. The maximum absolute atomic E-state index is 6.04. The Balaban J connectivity index is 2.11. The highest BCUT2D eigenvalue weighted by molar-refractivity contribution is 6.31. The van der Waals surface area contributed by atoms with Crippen LogP contribution in [0.15, 0.2) is 24.4 Å². The molecular weight excluding hydrogens is 238 g/mol. The molecule has 0 aliphatic carbocycles. The maximum atomic E-state index is 6.04. The normalized spacial score (nSPS) is 16.4. The number of nitrogens with zero attached hydrogens (tertiary/aromatic N) is 3. The highest BCUT2D eigenvalue weighted by Crippen LogP contribution is 2.27. The van der Waals surface area contributed by atoms with Crippen LogP contribution in [0.3, 0.4) is 0 Å². The van der Waals surface area contributed by atoms with Crippen molar-refractivity contribution in [1.29, 1.82) is 0 Å². The van der Waals surface area contributed by atoms with E-state index in [-0.39, 0.29) is 0 Å². The van der Waals surface area contributed by atoms with Gasteiger partial charge in [0, 0.05) is 23.5 Å². The highest BCUT2D eigenvalue weighted by atomic mass is 35.5. The minimum Gasteiger partial charge on any atom is -0.378 e. The minimum absolute atomic E-state index is 0.722. The summed E-state index contributed by atoms with van der Waals surface area (Å²) in [6.45, 7) is 3.27. The van der Waals surface area contributed by atoms with Crippen LogP contribution in [-0.2, 0) is 4.74 Å². The highest BCUT2D eigenvalue weighted by Gasteiger charge is 2.14. The van der Waals surface area contributed by atoms with Crippen molar-refractivity contribution in [3.63, 3.8) is 0 Å². The van der Waals surface area contributed by atoms with Crippen LogP contribution in [0.5, 0.6) is 0 Å². The molecule has 1 aliphatic heterocycles. The topological polar surface area (TPSA) is 38.2 Å². The number of halogens is 1. The van der Waals surface area contributed by atoms with Gasteiger partial charge in [-0.15, -0.1) is 0 Å². The van der Waals surface area contributed by atoms with Crippen LogP contribution >= 0.6 is 11.6 Å². The molecule has 1 aromatic heterocycles. The van der Waals surface area contributed by atoms with Gasteiger partial charge in [0.15, 0.2) is 0 Å². The fourth-order valence-corrected chi connectivity index (χ4v) is 2.24. The van der Waals surface area contributed by atoms with Crippen LogP contribution in [0.2, 0.25) is 5.02 Å². The number of hydrogen-bond donors (Lipinski definition) is 0. The van der Waals surface area contributed by atoms with Crippen LogP contribution in [0.1, 0.15) is 0 Å². The number of morpholine rings is 1. The average molecular weight is 250 g/mol. The first-order valence-electron chi connectivity index (χ1n) is 5.58. The van der Waals surface area contributed by atoms with E-state index >= 15 is 0 Å². The first kappa shape index (κ1) is 10.7. The second-order valence-electron chi connectivity index (χ2n) is 3.99. The summed E-state index contributed by atoms with van der Waals surface area (Å²) in [6.07, 6.45) is 1.80. The molecule has 1 aromatic carbocycles. The van der Waals surface area contributed by atoms with Crippen LogP contribution in [0.25, 0.3) is 10.9 Å². The summed E-state index contributed by atoms with van der Waals surface area (Å²) in [4.78, 5) is 2.26. The summed E-state index contributed by atoms with van der Waals surface area (Å²) in [7, 11) is 0. The van der Waals surface area contributed by atoms with Crippen molar-refractivity contribution in [2.45, 2.75) is 0 Å². The van der Waals surface area contributed by atoms with Gasteiger partial charge in [-0.05, 0) is 18.2 Å². The van der Waals surface area contributed by atoms with Gasteiger partial charge in [-0.3, -0.25) is 0 Å². The molecule has 0 N–H and O–H groups in total. The zero-order chi connectivity index (χ0) is 11.7. The summed E-state index contributed by atoms with van der Waals surface area (Å²) in [5.41, 5.74) is 1.96. The Labute approximate surface area is 104 Å². The van der Waals surface area contributed by atoms with Crippen molar-refractivity contribution in [3.8, 4) is 0 Å². The molecule has 0 saturated carbocycles. The van der Waals surface area contributed by atoms with Crippen molar-refractivity contribution >= 4 is 28.2 Å². The van der Waals surface area contributed by atoms with Crippen LogP contribution in [0.4, 0.5) is 5.69 Å². The number of fused-ring (bicyclic) bond motifs is 1. The molecule has 88 valence electrons. The predicted octanol–water partition coefficient (Wildman–Crippen LogP) is 2.12. The van der Waals surface area contributed by atoms with Crippen molar-refractivity contribution < 1.29 is 4.74 Å². The zero-order valence-electron chi connectivity index (χ0n) is 9.27. The molecule has 1 aliphatic rings. The molecule has 0 radical (unpaired) electrons. The van der Waals surface area contributed by atoms with Crippen molar-refractivity contribution in [2.24, 2.45) is 0 Å². The Morgan fingerprint density at radius 1 is 1.24 bits per heavy atom. The largest absolute Gasteiger partial charge is 0.378 e. The third-order valence-electron chi connectivity index (χ3n) is 2.93. The molecular formula is C12H12ClN3O. The van der Waals surface area contributed by atoms with Crippen LogP contribution in [-0.4, -0.2) is 36.5 Å². The van der Waals surface area contributed by atoms with E-state index in [2.05, 4.69) is 15.1 Å². The molecule has 0 spiro atoms. The monoisotopic (exact) mass is 249 g/mol. The molecule has 17 heavy (non-hydrogen) atoms. The third kappa shape index (κ3) is 2.06. The van der Waals surface area contributed by atoms with E-state index in [1.54, 1.807) is 6.20 Å². The molecule has 3 rings (SSSR count). The molecule has 1 fully saturated rings. The van der Waals surface area contributed by atoms with Gasteiger partial charge in [-0.2, -0.15) is 10.2 Å². The Bertz CT molecular complexity index is 540. The number of aromatic nitrogens is 2. The van der Waals surface area contributed by atoms with E-state index in [4.69, 9.17) is 16.3 Å². The molecule has 0 unspecified atom stereocenters. The molecule has 0 amide bonds. The zero-order valence-corrected chi connectivity index (χ0v) is 10.0. The fourth-order valence-electron chi connectivity index (χ4n) is 2.07. The van der Waals surface area contributed by atoms with Crippen molar-refractivity contribution in [1.82, 2.24) is 10.2 Å². The predicted molar refractivity (Wildman–Crippen MR) is 67.6 cm³/mol. The average Bonchev–Trinajstić information content (AvgIpc) is 2.39. The van der Waals surface area contributed by atoms with E-state index in [9.17, 15) is 0 Å². The second-order valence-corrected chi connectivity index (χ2v) is 4.43. The first-order chi connectivity index (χ1) is 8.34. The molecule has 0 atom stereocenters. The fraction of sp³-hybridized carbons (Fsp3) is 0.333. The Kier molecular flexibility index (Phi) is 2.82. The number of ether oxygens (including phenoxy) is 1. The van der Waals surface area contributed by atoms with Crippen LogP contribution < -0.4 is 4.90 Å². The second kappa shape index (κ2) is 4.47. The number of rotatable bonds is 1. The van der Waals surface area contributed by atoms with E-state index in [0.29, 0.717) is 0 Å². The number of hydrogen-bond acceptors (Lipinski definition) is 4. The van der Waals surface area contributed by atoms with Crippen molar-refractivity contribution in [2.75, 3.05) is 31.2 Å². The van der Waals surface area contributed by atoms with E-state index < -0.39 is 0 Å². The minimum atomic E-state index is 0.722. The molecule has 5 heteroatoms. The van der Waals surface area contributed by atoms with Gasteiger partial charge >= 0.3 is 0 Å². The molecule has 2 aromatic rings. The SMILES string of the molecule is Clc1ccc2nncc(N3CCOCC3)c2c1. The van der Waals surface area contributed by atoms with Gasteiger partial charge < -0.3 is 9.64 Å². The van der Waals surface area contributed by atoms with Gasteiger partial charge in [0.25, 0.3) is 0 Å². The van der Waals surface area contributed by atoms with Gasteiger partial charge in [0.2, 0.25) is 0 Å². The smallest absolute Gasteiger partial charge is 0.0951 e. The Hall–Kier alpha value is -1.39. The van der Waals surface area contributed by atoms with E-state index in [1.165, 1.54) is 0 Å². The molecule has 0 bridgehead atoms. The van der Waals surface area contributed by atoms with Gasteiger partial charge in [0.1, 0.15) is 0 Å². The Morgan fingerprint density at radius 2 is 2.06 bits per heavy atom. The summed E-state index contributed by atoms with van der Waals surface area (Å²) < 4.78 is 5.35. The molecule has 2 heterocycles. The third-order valence-corrected chi connectivity index (χ3v) is 3.17. The lowest BCUT2D eigenvalue weighted by atomic mass is 10.2. The van der Waals surface area contributed by atoms with E-state index in [0.717, 1.165) is 47.9 Å². The first-order valence-corrected chi connectivity index (χ1v) is 5.96. The summed E-state index contributed by atoms with van der Waals surface area (Å²) >= 11 is 6.04. The lowest BCUT2D eigenvalue weighted by molar-refractivity contribution is 0.123. The Morgan fingerprint density at radius 3 is 2.88 bits per heavy atom. The van der Waals surface area contributed by atoms with Gasteiger partial charge in [0.05, 0.1) is 30.6 Å². The maximum Gasteiger partial charge on any atom is 0.0951 e.